The van der Waals surface area contributed by atoms with Crippen molar-refractivity contribution in [2.24, 2.45) is 0 Å². The van der Waals surface area contributed by atoms with Gasteiger partial charge >= 0.3 is 5.97 Å². The lowest BCUT2D eigenvalue weighted by molar-refractivity contribution is -0.147. The van der Waals surface area contributed by atoms with Crippen molar-refractivity contribution in [2.75, 3.05) is 38.2 Å². The normalized spacial score (nSPS) is 14.5. The molecule has 38 heavy (non-hydrogen) atoms. The van der Waals surface area contributed by atoms with Crippen molar-refractivity contribution in [1.82, 2.24) is 13.9 Å². The van der Waals surface area contributed by atoms with E-state index >= 15 is 0 Å². The SMILES string of the molecule is CCCCn1c(CCC(=O)OCC(=O)Nc2ccc(F)cc2)nc2cc(S(=O)(=O)N3CCOCC3)ccc21. The fourth-order valence-corrected chi connectivity index (χ4v) is 5.60. The van der Waals surface area contributed by atoms with E-state index in [-0.39, 0.29) is 17.7 Å². The van der Waals surface area contributed by atoms with Crippen LogP contribution in [-0.4, -0.2) is 67.1 Å². The number of unbranched alkanes of at least 4 members (excludes halogenated alkanes) is 1. The number of ether oxygens (including phenoxy) is 2. The van der Waals surface area contributed by atoms with Crippen LogP contribution in [0.25, 0.3) is 11.0 Å². The van der Waals surface area contributed by atoms with E-state index in [1.54, 1.807) is 18.2 Å². The molecule has 10 nitrogen and oxygen atoms in total. The molecule has 3 aromatic rings. The van der Waals surface area contributed by atoms with Crippen molar-refractivity contribution < 1.29 is 31.9 Å². The molecule has 2 heterocycles. The highest BCUT2D eigenvalue weighted by atomic mass is 32.2. The van der Waals surface area contributed by atoms with Gasteiger partial charge in [-0.25, -0.2) is 17.8 Å². The topological polar surface area (TPSA) is 120 Å². The average Bonchev–Trinajstić information content (AvgIpc) is 3.27. The second-order valence-electron chi connectivity index (χ2n) is 8.92. The van der Waals surface area contributed by atoms with Gasteiger partial charge in [-0.1, -0.05) is 13.3 Å². The van der Waals surface area contributed by atoms with Gasteiger partial charge in [-0.2, -0.15) is 4.31 Å². The van der Waals surface area contributed by atoms with Crippen LogP contribution < -0.4 is 5.32 Å². The summed E-state index contributed by atoms with van der Waals surface area (Å²) in [5, 5.41) is 2.53. The first-order valence-electron chi connectivity index (χ1n) is 12.6. The fourth-order valence-electron chi connectivity index (χ4n) is 4.17. The lowest BCUT2D eigenvalue weighted by Gasteiger charge is -2.26. The van der Waals surface area contributed by atoms with E-state index in [2.05, 4.69) is 17.2 Å². The maximum atomic E-state index is 13.1. The first-order valence-corrected chi connectivity index (χ1v) is 14.0. The van der Waals surface area contributed by atoms with E-state index < -0.39 is 34.3 Å². The molecule has 1 aliphatic rings. The number of aromatic nitrogens is 2. The summed E-state index contributed by atoms with van der Waals surface area (Å²) in [5.41, 5.74) is 1.73. The smallest absolute Gasteiger partial charge is 0.306 e. The van der Waals surface area contributed by atoms with Gasteiger partial charge in [-0.15, -0.1) is 0 Å². The standard InChI is InChI=1S/C26H31FN4O6S/c1-2-3-12-31-23-9-8-21(38(34,35)30-13-15-36-16-14-30)17-22(23)29-24(31)10-11-26(33)37-18-25(32)28-20-6-4-19(27)5-7-20/h4-9,17H,2-3,10-16,18H2,1H3,(H,28,32). The van der Waals surface area contributed by atoms with E-state index in [4.69, 9.17) is 9.47 Å². The zero-order chi connectivity index (χ0) is 27.1. The Morgan fingerprint density at radius 2 is 1.87 bits per heavy atom. The molecule has 1 N–H and O–H groups in total. The summed E-state index contributed by atoms with van der Waals surface area (Å²) < 4.78 is 53.0. The molecular formula is C26H31FN4O6S. The molecule has 2 aromatic carbocycles. The van der Waals surface area contributed by atoms with Crippen LogP contribution in [0, 0.1) is 5.82 Å². The number of amides is 1. The number of morpholine rings is 1. The Morgan fingerprint density at radius 3 is 2.58 bits per heavy atom. The van der Waals surface area contributed by atoms with E-state index in [1.165, 1.54) is 28.6 Å². The number of sulfonamides is 1. The fraction of sp³-hybridized carbons (Fsp3) is 0.423. The molecule has 0 unspecified atom stereocenters. The first kappa shape index (κ1) is 27.7. The number of hydrogen-bond acceptors (Lipinski definition) is 7. The largest absolute Gasteiger partial charge is 0.456 e. The highest BCUT2D eigenvalue weighted by molar-refractivity contribution is 7.89. The Bertz CT molecular complexity index is 1380. The summed E-state index contributed by atoms with van der Waals surface area (Å²) in [6.45, 7) is 3.61. The minimum absolute atomic E-state index is 0.00178. The summed E-state index contributed by atoms with van der Waals surface area (Å²) >= 11 is 0. The molecule has 204 valence electrons. The van der Waals surface area contributed by atoms with Crippen LogP contribution >= 0.6 is 0 Å². The van der Waals surface area contributed by atoms with E-state index in [0.29, 0.717) is 49.9 Å². The first-order chi connectivity index (χ1) is 18.3. The molecule has 1 fully saturated rings. The highest BCUT2D eigenvalue weighted by Crippen LogP contribution is 2.24. The molecule has 0 bridgehead atoms. The molecule has 12 heteroatoms. The Hall–Kier alpha value is -3.35. The number of anilines is 1. The van der Waals surface area contributed by atoms with Gasteiger partial charge in [0.2, 0.25) is 10.0 Å². The summed E-state index contributed by atoms with van der Waals surface area (Å²) in [4.78, 5) is 29.2. The van der Waals surface area contributed by atoms with E-state index in [0.717, 1.165) is 18.4 Å². The van der Waals surface area contributed by atoms with Gasteiger partial charge in [-0.05, 0) is 48.9 Å². The molecule has 0 spiro atoms. The zero-order valence-corrected chi connectivity index (χ0v) is 22.0. The van der Waals surface area contributed by atoms with Gasteiger partial charge in [0.25, 0.3) is 5.91 Å². The quantitative estimate of drug-likeness (QED) is 0.367. The van der Waals surface area contributed by atoms with Crippen LogP contribution in [0.3, 0.4) is 0 Å². The van der Waals surface area contributed by atoms with Crippen molar-refractivity contribution >= 4 is 38.6 Å². The van der Waals surface area contributed by atoms with Crippen molar-refractivity contribution in [1.29, 1.82) is 0 Å². The van der Waals surface area contributed by atoms with Gasteiger partial charge in [0.15, 0.2) is 6.61 Å². The molecule has 1 aromatic heterocycles. The number of rotatable bonds is 11. The lowest BCUT2D eigenvalue weighted by atomic mass is 10.2. The summed E-state index contributed by atoms with van der Waals surface area (Å²) in [5.74, 6) is -0.880. The number of nitrogens with zero attached hydrogens (tertiary/aromatic N) is 3. The lowest BCUT2D eigenvalue weighted by Crippen LogP contribution is -2.40. The monoisotopic (exact) mass is 546 g/mol. The van der Waals surface area contributed by atoms with Gasteiger partial charge in [0, 0.05) is 31.7 Å². The predicted octanol–water partition coefficient (Wildman–Crippen LogP) is 3.11. The molecule has 1 saturated heterocycles. The number of esters is 1. The molecular weight excluding hydrogens is 515 g/mol. The van der Waals surface area contributed by atoms with Crippen LogP contribution in [0.1, 0.15) is 32.0 Å². The van der Waals surface area contributed by atoms with Gasteiger partial charge in [-0.3, -0.25) is 9.59 Å². The van der Waals surface area contributed by atoms with Crippen molar-refractivity contribution in [2.45, 2.75) is 44.0 Å². The van der Waals surface area contributed by atoms with Gasteiger partial charge < -0.3 is 19.4 Å². The number of nitrogens with one attached hydrogen (secondary N) is 1. The third-order valence-electron chi connectivity index (χ3n) is 6.19. The molecule has 1 amide bonds. The number of carbonyl (C=O) groups is 2. The molecule has 0 radical (unpaired) electrons. The predicted molar refractivity (Wildman–Crippen MR) is 139 cm³/mol. The number of hydrogen-bond donors (Lipinski definition) is 1. The number of fused-ring (bicyclic) bond motifs is 1. The minimum Gasteiger partial charge on any atom is -0.456 e. The molecule has 0 aliphatic carbocycles. The van der Waals surface area contributed by atoms with E-state index in [1.807, 2.05) is 4.57 Å². The van der Waals surface area contributed by atoms with Crippen LogP contribution in [0.5, 0.6) is 0 Å². The third-order valence-corrected chi connectivity index (χ3v) is 8.08. The third kappa shape index (κ3) is 6.74. The average molecular weight is 547 g/mol. The number of aryl methyl sites for hydroxylation is 2. The van der Waals surface area contributed by atoms with Crippen molar-refractivity contribution in [3.8, 4) is 0 Å². The Morgan fingerprint density at radius 1 is 1.13 bits per heavy atom. The maximum Gasteiger partial charge on any atom is 0.306 e. The Kier molecular flexibility index (Phi) is 9.08. The summed E-state index contributed by atoms with van der Waals surface area (Å²) in [6, 6.07) is 10.2. The number of benzene rings is 2. The zero-order valence-electron chi connectivity index (χ0n) is 21.2. The van der Waals surface area contributed by atoms with Crippen LogP contribution in [0.15, 0.2) is 47.4 Å². The maximum absolute atomic E-state index is 13.1. The molecule has 4 rings (SSSR count). The summed E-state index contributed by atoms with van der Waals surface area (Å²) in [6.07, 6.45) is 2.11. The Balaban J connectivity index is 1.42. The number of halogens is 1. The molecule has 0 saturated carbocycles. The van der Waals surface area contributed by atoms with Gasteiger partial charge in [0.05, 0.1) is 35.6 Å². The van der Waals surface area contributed by atoms with Crippen LogP contribution in [0.4, 0.5) is 10.1 Å². The second-order valence-corrected chi connectivity index (χ2v) is 10.9. The van der Waals surface area contributed by atoms with Crippen molar-refractivity contribution in [3.63, 3.8) is 0 Å². The van der Waals surface area contributed by atoms with Gasteiger partial charge in [0.1, 0.15) is 11.6 Å². The highest BCUT2D eigenvalue weighted by Gasteiger charge is 2.27. The summed E-state index contributed by atoms with van der Waals surface area (Å²) in [7, 11) is -3.67. The molecule has 1 aliphatic heterocycles. The molecule has 0 atom stereocenters. The van der Waals surface area contributed by atoms with Crippen LogP contribution in [0.2, 0.25) is 0 Å². The number of carbonyl (C=O) groups excluding carboxylic acids is 2. The van der Waals surface area contributed by atoms with Crippen molar-refractivity contribution in [3.05, 3.63) is 54.1 Å². The minimum atomic E-state index is -3.67. The Labute approximate surface area is 220 Å². The van der Waals surface area contributed by atoms with Crippen LogP contribution in [-0.2, 0) is 42.1 Å². The van der Waals surface area contributed by atoms with E-state index in [9.17, 15) is 22.4 Å². The number of imidazole rings is 1. The second kappa shape index (κ2) is 12.5.